The van der Waals surface area contributed by atoms with Gasteiger partial charge in [-0.2, -0.15) is 13.2 Å². The fourth-order valence-electron chi connectivity index (χ4n) is 2.89. The van der Waals surface area contributed by atoms with E-state index in [0.29, 0.717) is 16.9 Å². The van der Waals surface area contributed by atoms with Gasteiger partial charge in [0.15, 0.2) is 0 Å². The molecule has 3 rings (SSSR count). The Hall–Kier alpha value is -2.33. The van der Waals surface area contributed by atoms with E-state index in [2.05, 4.69) is 15.9 Å². The van der Waals surface area contributed by atoms with E-state index in [-0.39, 0.29) is 23.2 Å². The van der Waals surface area contributed by atoms with Gasteiger partial charge in [0.2, 0.25) is 0 Å². The van der Waals surface area contributed by atoms with E-state index in [0.717, 1.165) is 9.37 Å². The molecule has 0 aromatic heterocycles. The molecular formula is C19H14BrF3N2O3S. The lowest BCUT2D eigenvalue weighted by atomic mass is 10.0. The Bertz CT molecular complexity index is 947. The number of hydrogen-bond donors (Lipinski definition) is 0. The van der Waals surface area contributed by atoms with E-state index < -0.39 is 17.0 Å². The second-order valence-electron chi connectivity index (χ2n) is 6.24. The molecule has 0 bridgehead atoms. The zero-order valence-electron chi connectivity index (χ0n) is 14.7. The molecule has 1 atom stereocenters. The van der Waals surface area contributed by atoms with Gasteiger partial charge in [0.25, 0.3) is 5.69 Å². The number of non-ortho nitro benzene ring substituents is 1. The molecule has 1 amide bonds. The minimum atomic E-state index is -4.99. The van der Waals surface area contributed by atoms with Crippen molar-refractivity contribution in [1.82, 2.24) is 4.90 Å². The van der Waals surface area contributed by atoms with Crippen LogP contribution >= 0.6 is 27.7 Å². The van der Waals surface area contributed by atoms with E-state index in [9.17, 15) is 28.1 Å². The van der Waals surface area contributed by atoms with Gasteiger partial charge < -0.3 is 4.90 Å². The van der Waals surface area contributed by atoms with Crippen molar-refractivity contribution < 1.29 is 22.9 Å². The van der Waals surface area contributed by atoms with Crippen LogP contribution in [0.5, 0.6) is 0 Å². The van der Waals surface area contributed by atoms with Crippen LogP contribution < -0.4 is 0 Å². The fourth-order valence-corrected chi connectivity index (χ4v) is 4.25. The van der Waals surface area contributed by atoms with Crippen LogP contribution in [0.4, 0.5) is 18.9 Å². The van der Waals surface area contributed by atoms with E-state index in [1.165, 1.54) is 23.9 Å². The Morgan fingerprint density at radius 1 is 1.14 bits per heavy atom. The number of nitrogens with zero attached hydrogens (tertiary/aromatic N) is 2. The highest BCUT2D eigenvalue weighted by atomic mass is 79.9. The lowest BCUT2D eigenvalue weighted by Gasteiger charge is -2.34. The summed E-state index contributed by atoms with van der Waals surface area (Å²) in [5.74, 6) is -1.92. The third-order valence-electron chi connectivity index (χ3n) is 4.23. The molecule has 29 heavy (non-hydrogen) atoms. The normalized spacial score (nSPS) is 17.0. The second-order valence-corrected chi connectivity index (χ2v) is 8.53. The number of halogens is 4. The van der Waals surface area contributed by atoms with Gasteiger partial charge in [-0.1, -0.05) is 34.1 Å². The first-order valence-corrected chi connectivity index (χ1v) is 10.1. The summed E-state index contributed by atoms with van der Waals surface area (Å²) in [6.45, 7) is -0.123. The van der Waals surface area contributed by atoms with Crippen LogP contribution in [0.25, 0.3) is 5.70 Å². The number of carbonyl (C=O) groups excluding carboxylic acids is 1. The summed E-state index contributed by atoms with van der Waals surface area (Å²) in [5, 5.41) is 10.4. The summed E-state index contributed by atoms with van der Waals surface area (Å²) in [6.07, 6.45) is -2.91. The first-order chi connectivity index (χ1) is 13.6. The molecule has 0 N–H and O–H groups in total. The first-order valence-electron chi connectivity index (χ1n) is 8.41. The number of rotatable bonds is 4. The van der Waals surface area contributed by atoms with Crippen molar-refractivity contribution in [2.24, 2.45) is 0 Å². The molecular weight excluding hydrogens is 473 g/mol. The quantitative estimate of drug-likeness (QED) is 0.413. The lowest BCUT2D eigenvalue weighted by Crippen LogP contribution is -2.44. The summed E-state index contributed by atoms with van der Waals surface area (Å²) in [6, 6.07) is 12.5. The van der Waals surface area contributed by atoms with Crippen LogP contribution in [-0.2, 0) is 4.79 Å². The number of allylic oxidation sites excluding steroid dienone is 1. The van der Waals surface area contributed by atoms with E-state index in [1.807, 2.05) is 0 Å². The molecule has 1 aliphatic heterocycles. The van der Waals surface area contributed by atoms with Gasteiger partial charge in [-0.05, 0) is 36.2 Å². The minimum absolute atomic E-state index is 0.0655. The minimum Gasteiger partial charge on any atom is -0.303 e. The SMILES string of the molecule is O=C(N1CC(Sc2ccc([N+](=O)[O-])cc2)CC=C1c1ccc(Br)cc1)C(F)(F)F. The molecule has 0 saturated heterocycles. The average Bonchev–Trinajstić information content (AvgIpc) is 2.68. The molecule has 1 heterocycles. The highest BCUT2D eigenvalue weighted by Crippen LogP contribution is 2.36. The summed E-state index contributed by atoms with van der Waals surface area (Å²) >= 11 is 4.56. The maximum Gasteiger partial charge on any atom is 0.471 e. The predicted molar refractivity (Wildman–Crippen MR) is 107 cm³/mol. The highest BCUT2D eigenvalue weighted by molar-refractivity contribution is 9.10. The zero-order valence-corrected chi connectivity index (χ0v) is 17.1. The van der Waals surface area contributed by atoms with Gasteiger partial charge in [-0.25, -0.2) is 0 Å². The molecule has 0 saturated carbocycles. The monoisotopic (exact) mass is 486 g/mol. The smallest absolute Gasteiger partial charge is 0.303 e. The summed E-state index contributed by atoms with van der Waals surface area (Å²) in [7, 11) is 0. The molecule has 1 aliphatic rings. The van der Waals surface area contributed by atoms with Crippen LogP contribution in [0.3, 0.4) is 0 Å². The van der Waals surface area contributed by atoms with E-state index >= 15 is 0 Å². The number of carbonyl (C=O) groups is 1. The molecule has 152 valence electrons. The third kappa shape index (κ3) is 5.18. The Labute approximate surface area is 176 Å². The van der Waals surface area contributed by atoms with Crippen molar-refractivity contribution in [3.8, 4) is 0 Å². The van der Waals surface area contributed by atoms with Gasteiger partial charge in [-0.15, -0.1) is 11.8 Å². The number of hydrogen-bond acceptors (Lipinski definition) is 4. The Balaban J connectivity index is 1.85. The summed E-state index contributed by atoms with van der Waals surface area (Å²) in [4.78, 5) is 23.7. The van der Waals surface area contributed by atoms with Crippen molar-refractivity contribution in [2.45, 2.75) is 22.7 Å². The standard InChI is InChI=1S/C19H14BrF3N2O3S/c20-13-3-1-12(2-4-13)17-10-9-16(11-24(17)18(26)19(21,22)23)29-15-7-5-14(6-8-15)25(27)28/h1-8,10,16H,9,11H2. The molecule has 0 fully saturated rings. The zero-order chi connectivity index (χ0) is 21.2. The molecule has 0 aliphatic carbocycles. The van der Waals surface area contributed by atoms with Crippen molar-refractivity contribution in [3.63, 3.8) is 0 Å². The van der Waals surface area contributed by atoms with Gasteiger partial charge in [-0.3, -0.25) is 14.9 Å². The van der Waals surface area contributed by atoms with Crippen molar-refractivity contribution in [2.75, 3.05) is 6.54 Å². The molecule has 0 spiro atoms. The van der Waals surface area contributed by atoms with E-state index in [1.54, 1.807) is 42.5 Å². The van der Waals surface area contributed by atoms with Crippen molar-refractivity contribution in [1.29, 1.82) is 0 Å². The molecule has 2 aromatic rings. The topological polar surface area (TPSA) is 63.5 Å². The summed E-state index contributed by atoms with van der Waals surface area (Å²) < 4.78 is 40.3. The number of benzene rings is 2. The maximum absolute atomic E-state index is 13.2. The molecule has 10 heteroatoms. The van der Waals surface area contributed by atoms with Gasteiger partial charge >= 0.3 is 12.1 Å². The number of amides is 1. The lowest BCUT2D eigenvalue weighted by molar-refractivity contribution is -0.384. The second kappa shape index (κ2) is 8.58. The Morgan fingerprint density at radius 2 is 1.76 bits per heavy atom. The fraction of sp³-hybridized carbons (Fsp3) is 0.211. The highest BCUT2D eigenvalue weighted by Gasteiger charge is 2.45. The number of thioether (sulfide) groups is 1. The van der Waals surface area contributed by atoms with Gasteiger partial charge in [0.1, 0.15) is 0 Å². The van der Waals surface area contributed by atoms with Crippen LogP contribution in [0.2, 0.25) is 0 Å². The Kier molecular flexibility index (Phi) is 6.33. The van der Waals surface area contributed by atoms with Gasteiger partial charge in [0, 0.05) is 39.0 Å². The Morgan fingerprint density at radius 3 is 2.31 bits per heavy atom. The maximum atomic E-state index is 13.2. The van der Waals surface area contributed by atoms with Crippen molar-refractivity contribution >= 4 is 45.0 Å². The first kappa shape index (κ1) is 21.4. The molecule has 5 nitrogen and oxygen atoms in total. The average molecular weight is 487 g/mol. The number of alkyl halides is 3. The van der Waals surface area contributed by atoms with Crippen LogP contribution in [-0.4, -0.2) is 33.7 Å². The largest absolute Gasteiger partial charge is 0.471 e. The van der Waals surface area contributed by atoms with Crippen LogP contribution in [0.1, 0.15) is 12.0 Å². The molecule has 1 unspecified atom stereocenters. The third-order valence-corrected chi connectivity index (χ3v) is 5.98. The number of nitro groups is 1. The number of nitro benzene ring substituents is 1. The predicted octanol–water partition coefficient (Wildman–Crippen LogP) is 5.65. The van der Waals surface area contributed by atoms with E-state index in [4.69, 9.17) is 0 Å². The van der Waals surface area contributed by atoms with Crippen LogP contribution in [0, 0.1) is 10.1 Å². The molecule has 2 aromatic carbocycles. The summed E-state index contributed by atoms with van der Waals surface area (Å²) in [5.41, 5.74) is 0.675. The van der Waals surface area contributed by atoms with Crippen molar-refractivity contribution in [3.05, 3.63) is 74.8 Å². The van der Waals surface area contributed by atoms with Crippen LogP contribution in [0.15, 0.2) is 64.0 Å². The van der Waals surface area contributed by atoms with Gasteiger partial charge in [0.05, 0.1) is 4.92 Å². The molecule has 0 radical (unpaired) electrons.